The third-order valence-corrected chi connectivity index (χ3v) is 4.56. The summed E-state index contributed by atoms with van der Waals surface area (Å²) in [5.74, 6) is 1.43. The lowest BCUT2D eigenvalue weighted by atomic mass is 10.0. The second-order valence-electron chi connectivity index (χ2n) is 5.94. The van der Waals surface area contributed by atoms with E-state index in [-0.39, 0.29) is 17.9 Å². The molecule has 0 N–H and O–H groups in total. The minimum atomic E-state index is -0.365. The zero-order valence-electron chi connectivity index (χ0n) is 14.9. The van der Waals surface area contributed by atoms with Crippen molar-refractivity contribution in [2.24, 2.45) is 0 Å². The molecule has 1 fully saturated rings. The van der Waals surface area contributed by atoms with Crippen molar-refractivity contribution in [2.45, 2.75) is 38.8 Å². The van der Waals surface area contributed by atoms with Crippen LogP contribution in [0.15, 0.2) is 18.2 Å². The average Bonchev–Trinajstić information content (AvgIpc) is 2.61. The Morgan fingerprint density at radius 1 is 1.33 bits per heavy atom. The van der Waals surface area contributed by atoms with Crippen molar-refractivity contribution in [1.29, 1.82) is 0 Å². The van der Waals surface area contributed by atoms with E-state index in [0.29, 0.717) is 31.0 Å². The number of likely N-dealkylation sites (N-methyl/N-ethyl adjacent to an activating group) is 2. The summed E-state index contributed by atoms with van der Waals surface area (Å²) in [7, 11) is 4.92. The molecule has 24 heavy (non-hydrogen) atoms. The number of hydrogen-bond acceptors (Lipinski definition) is 4. The first-order chi connectivity index (χ1) is 11.5. The lowest BCUT2D eigenvalue weighted by Crippen LogP contribution is -2.51. The van der Waals surface area contributed by atoms with Crippen LogP contribution in [0.4, 0.5) is 0 Å². The maximum atomic E-state index is 12.9. The first-order valence-electron chi connectivity index (χ1n) is 8.27. The second-order valence-corrected chi connectivity index (χ2v) is 5.94. The van der Waals surface area contributed by atoms with Gasteiger partial charge in [0.25, 0.3) is 0 Å². The Labute approximate surface area is 143 Å². The minimum Gasteiger partial charge on any atom is -0.497 e. The maximum absolute atomic E-state index is 12.9. The summed E-state index contributed by atoms with van der Waals surface area (Å²) in [6.45, 7) is 2.96. The lowest BCUT2D eigenvalue weighted by molar-refractivity contribution is -0.147. The van der Waals surface area contributed by atoms with E-state index in [1.165, 1.54) is 0 Å². The van der Waals surface area contributed by atoms with Crippen molar-refractivity contribution in [1.82, 2.24) is 9.80 Å². The smallest absolute Gasteiger partial charge is 0.245 e. The van der Waals surface area contributed by atoms with Crippen LogP contribution >= 0.6 is 0 Å². The Morgan fingerprint density at radius 2 is 2.08 bits per heavy atom. The molecule has 6 heteroatoms. The van der Waals surface area contributed by atoms with Gasteiger partial charge in [0, 0.05) is 38.2 Å². The monoisotopic (exact) mass is 334 g/mol. The first kappa shape index (κ1) is 18.1. The van der Waals surface area contributed by atoms with E-state index in [1.54, 1.807) is 31.1 Å². The molecule has 2 amide bonds. The Morgan fingerprint density at radius 3 is 2.71 bits per heavy atom. The van der Waals surface area contributed by atoms with Crippen molar-refractivity contribution in [3.8, 4) is 11.5 Å². The fourth-order valence-corrected chi connectivity index (χ4v) is 3.02. The molecule has 1 atom stereocenters. The average molecular weight is 334 g/mol. The van der Waals surface area contributed by atoms with Gasteiger partial charge in [0.05, 0.1) is 14.2 Å². The zero-order chi connectivity index (χ0) is 17.7. The summed E-state index contributed by atoms with van der Waals surface area (Å²) >= 11 is 0. The fraction of sp³-hybridized carbons (Fsp3) is 0.556. The molecule has 1 aliphatic heterocycles. The summed E-state index contributed by atoms with van der Waals surface area (Å²) in [5, 5.41) is 0. The fourth-order valence-electron chi connectivity index (χ4n) is 3.02. The second kappa shape index (κ2) is 8.04. The van der Waals surface area contributed by atoms with E-state index in [9.17, 15) is 9.59 Å². The summed E-state index contributed by atoms with van der Waals surface area (Å²) in [5.41, 5.74) is 0.915. The van der Waals surface area contributed by atoms with Gasteiger partial charge in [-0.25, -0.2) is 0 Å². The molecule has 0 saturated carbocycles. The Bertz CT molecular complexity index is 603. The highest BCUT2D eigenvalue weighted by Crippen LogP contribution is 2.27. The summed E-state index contributed by atoms with van der Waals surface area (Å²) < 4.78 is 10.6. The van der Waals surface area contributed by atoms with E-state index in [1.807, 2.05) is 25.1 Å². The number of methoxy groups -OCH3 is 2. The molecule has 1 heterocycles. The Balaban J connectivity index is 2.17. The van der Waals surface area contributed by atoms with Crippen LogP contribution in [-0.2, 0) is 16.1 Å². The van der Waals surface area contributed by atoms with Crippen molar-refractivity contribution < 1.29 is 19.1 Å². The SMILES string of the molecule is CCN(Cc1ccc(OC)cc1OC)C(=O)C1CCCC(=O)N1C. The van der Waals surface area contributed by atoms with Crippen molar-refractivity contribution in [3.05, 3.63) is 23.8 Å². The summed E-state index contributed by atoms with van der Waals surface area (Å²) in [6.07, 6.45) is 2.01. The van der Waals surface area contributed by atoms with Gasteiger partial charge in [0.15, 0.2) is 0 Å². The van der Waals surface area contributed by atoms with E-state index in [4.69, 9.17) is 9.47 Å². The Kier molecular flexibility index (Phi) is 6.06. The van der Waals surface area contributed by atoms with Gasteiger partial charge in [-0.15, -0.1) is 0 Å². The van der Waals surface area contributed by atoms with Crippen LogP contribution in [0.1, 0.15) is 31.7 Å². The van der Waals surface area contributed by atoms with Crippen molar-refractivity contribution in [2.75, 3.05) is 27.8 Å². The molecule has 1 saturated heterocycles. The number of carbonyl (C=O) groups is 2. The third-order valence-electron chi connectivity index (χ3n) is 4.56. The molecule has 6 nitrogen and oxygen atoms in total. The number of nitrogens with zero attached hydrogens (tertiary/aromatic N) is 2. The van der Waals surface area contributed by atoms with Crippen LogP contribution in [0, 0.1) is 0 Å². The molecule has 1 aliphatic rings. The largest absolute Gasteiger partial charge is 0.497 e. The summed E-state index contributed by atoms with van der Waals surface area (Å²) in [6, 6.07) is 5.20. The van der Waals surface area contributed by atoms with Gasteiger partial charge in [-0.2, -0.15) is 0 Å². The molecular formula is C18H26N2O4. The number of ether oxygens (including phenoxy) is 2. The number of carbonyl (C=O) groups excluding carboxylic acids is 2. The molecule has 2 rings (SSSR count). The molecule has 1 aromatic carbocycles. The summed E-state index contributed by atoms with van der Waals surface area (Å²) in [4.78, 5) is 28.1. The molecule has 1 unspecified atom stereocenters. The van der Waals surface area contributed by atoms with Crippen LogP contribution in [0.5, 0.6) is 11.5 Å². The highest BCUT2D eigenvalue weighted by molar-refractivity contribution is 5.88. The van der Waals surface area contributed by atoms with Gasteiger partial charge >= 0.3 is 0 Å². The van der Waals surface area contributed by atoms with Gasteiger partial charge in [0.2, 0.25) is 11.8 Å². The molecule has 0 aromatic heterocycles. The number of hydrogen-bond donors (Lipinski definition) is 0. The standard InChI is InChI=1S/C18H26N2O4/c1-5-20(18(22)15-7-6-8-17(21)19(15)2)12-13-9-10-14(23-3)11-16(13)24-4/h9-11,15H,5-8,12H2,1-4H3. The number of amides is 2. The molecule has 132 valence electrons. The van der Waals surface area contributed by atoms with Crippen LogP contribution in [0.3, 0.4) is 0 Å². The van der Waals surface area contributed by atoms with Crippen molar-refractivity contribution in [3.63, 3.8) is 0 Å². The van der Waals surface area contributed by atoms with Gasteiger partial charge in [0.1, 0.15) is 17.5 Å². The van der Waals surface area contributed by atoms with Crippen LogP contribution in [-0.4, -0.2) is 55.5 Å². The molecule has 0 bridgehead atoms. The van der Waals surface area contributed by atoms with Crippen LogP contribution in [0.25, 0.3) is 0 Å². The lowest BCUT2D eigenvalue weighted by Gasteiger charge is -2.35. The predicted octanol–water partition coefficient (Wildman–Crippen LogP) is 2.06. The van der Waals surface area contributed by atoms with Gasteiger partial charge in [-0.05, 0) is 31.9 Å². The topological polar surface area (TPSA) is 59.1 Å². The van der Waals surface area contributed by atoms with Crippen LogP contribution < -0.4 is 9.47 Å². The number of piperidine rings is 1. The Hall–Kier alpha value is -2.24. The molecular weight excluding hydrogens is 308 g/mol. The first-order valence-corrected chi connectivity index (χ1v) is 8.27. The highest BCUT2D eigenvalue weighted by Gasteiger charge is 2.33. The molecule has 0 spiro atoms. The van der Waals surface area contributed by atoms with E-state index in [2.05, 4.69) is 0 Å². The molecule has 0 aliphatic carbocycles. The van der Waals surface area contributed by atoms with Gasteiger partial charge in [-0.1, -0.05) is 0 Å². The van der Waals surface area contributed by atoms with Crippen molar-refractivity contribution >= 4 is 11.8 Å². The third kappa shape index (κ3) is 3.80. The normalized spacial score (nSPS) is 17.6. The molecule has 0 radical (unpaired) electrons. The number of benzene rings is 1. The number of rotatable bonds is 6. The van der Waals surface area contributed by atoms with Gasteiger partial charge < -0.3 is 19.3 Å². The quantitative estimate of drug-likeness (QED) is 0.799. The zero-order valence-corrected chi connectivity index (χ0v) is 14.9. The van der Waals surface area contributed by atoms with E-state index in [0.717, 1.165) is 18.4 Å². The van der Waals surface area contributed by atoms with E-state index < -0.39 is 0 Å². The van der Waals surface area contributed by atoms with E-state index >= 15 is 0 Å². The molecule has 1 aromatic rings. The highest BCUT2D eigenvalue weighted by atomic mass is 16.5. The maximum Gasteiger partial charge on any atom is 0.245 e. The van der Waals surface area contributed by atoms with Gasteiger partial charge in [-0.3, -0.25) is 9.59 Å². The van der Waals surface area contributed by atoms with Crippen LogP contribution in [0.2, 0.25) is 0 Å². The minimum absolute atomic E-state index is 0.00841. The predicted molar refractivity (Wildman–Crippen MR) is 91.0 cm³/mol. The number of likely N-dealkylation sites (tertiary alicyclic amines) is 1.